The quantitative estimate of drug-likeness (QED) is 0.617. The van der Waals surface area contributed by atoms with Crippen molar-refractivity contribution in [3.8, 4) is 5.69 Å². The monoisotopic (exact) mass is 209 g/mol. The SMILES string of the molecule is Cc1ccccc1-n1ccc2cncnc21. The Labute approximate surface area is 93.4 Å². The number of benzene rings is 1. The molecular weight excluding hydrogens is 198 g/mol. The highest BCUT2D eigenvalue weighted by atomic mass is 15.0. The maximum atomic E-state index is 4.31. The number of rotatable bonds is 1. The van der Waals surface area contributed by atoms with Crippen molar-refractivity contribution in [2.45, 2.75) is 6.92 Å². The molecule has 3 heteroatoms. The minimum atomic E-state index is 0.948. The van der Waals surface area contributed by atoms with Gasteiger partial charge in [-0.05, 0) is 24.6 Å². The summed E-state index contributed by atoms with van der Waals surface area (Å²) in [5.74, 6) is 0. The lowest BCUT2D eigenvalue weighted by molar-refractivity contribution is 1.06. The third-order valence-electron chi connectivity index (χ3n) is 2.72. The van der Waals surface area contributed by atoms with Crippen molar-refractivity contribution in [1.29, 1.82) is 0 Å². The predicted octanol–water partition coefficient (Wildman–Crippen LogP) is 2.73. The van der Waals surface area contributed by atoms with E-state index < -0.39 is 0 Å². The van der Waals surface area contributed by atoms with Crippen LogP contribution in [0.5, 0.6) is 0 Å². The van der Waals surface area contributed by atoms with Crippen LogP contribution in [0.25, 0.3) is 16.7 Å². The van der Waals surface area contributed by atoms with Gasteiger partial charge in [0.25, 0.3) is 0 Å². The summed E-state index contributed by atoms with van der Waals surface area (Å²) < 4.78 is 2.09. The fourth-order valence-electron chi connectivity index (χ4n) is 1.91. The van der Waals surface area contributed by atoms with E-state index in [0.29, 0.717) is 0 Å². The highest BCUT2D eigenvalue weighted by Gasteiger charge is 2.05. The maximum Gasteiger partial charge on any atom is 0.147 e. The summed E-state index contributed by atoms with van der Waals surface area (Å²) in [6, 6.07) is 10.3. The zero-order valence-corrected chi connectivity index (χ0v) is 8.96. The van der Waals surface area contributed by atoms with Crippen molar-refractivity contribution in [2.24, 2.45) is 0 Å². The summed E-state index contributed by atoms with van der Waals surface area (Å²) in [4.78, 5) is 8.33. The van der Waals surface area contributed by atoms with Crippen LogP contribution in [0.3, 0.4) is 0 Å². The number of fused-ring (bicyclic) bond motifs is 1. The molecule has 16 heavy (non-hydrogen) atoms. The second kappa shape index (κ2) is 3.45. The van der Waals surface area contributed by atoms with Gasteiger partial charge in [0.2, 0.25) is 0 Å². The number of aryl methyl sites for hydroxylation is 1. The Morgan fingerprint density at radius 2 is 2.00 bits per heavy atom. The number of hydrogen-bond acceptors (Lipinski definition) is 2. The molecule has 0 aliphatic carbocycles. The van der Waals surface area contributed by atoms with E-state index in [4.69, 9.17) is 0 Å². The van der Waals surface area contributed by atoms with Gasteiger partial charge in [0.05, 0.1) is 0 Å². The molecule has 0 atom stereocenters. The normalized spacial score (nSPS) is 10.8. The zero-order valence-electron chi connectivity index (χ0n) is 8.96. The average molecular weight is 209 g/mol. The van der Waals surface area contributed by atoms with Crippen molar-refractivity contribution in [1.82, 2.24) is 14.5 Å². The first-order chi connectivity index (χ1) is 7.86. The second-order valence-corrected chi connectivity index (χ2v) is 3.77. The molecule has 0 unspecified atom stereocenters. The molecule has 0 aliphatic heterocycles. The molecule has 2 aromatic heterocycles. The van der Waals surface area contributed by atoms with Gasteiger partial charge in [-0.1, -0.05) is 18.2 Å². The summed E-state index contributed by atoms with van der Waals surface area (Å²) in [5.41, 5.74) is 3.35. The molecule has 1 aromatic carbocycles. The van der Waals surface area contributed by atoms with E-state index in [0.717, 1.165) is 16.7 Å². The van der Waals surface area contributed by atoms with E-state index in [1.54, 1.807) is 6.33 Å². The maximum absolute atomic E-state index is 4.31. The van der Waals surface area contributed by atoms with Gasteiger partial charge >= 0.3 is 0 Å². The molecule has 2 heterocycles. The standard InChI is InChI=1S/C13H11N3/c1-10-4-2-3-5-12(10)16-7-6-11-8-14-9-15-13(11)16/h2-9H,1H3. The highest BCUT2D eigenvalue weighted by molar-refractivity contribution is 5.77. The summed E-state index contributed by atoms with van der Waals surface area (Å²) in [6.45, 7) is 2.10. The number of para-hydroxylation sites is 1. The molecule has 3 rings (SSSR count). The lowest BCUT2D eigenvalue weighted by atomic mass is 10.2. The van der Waals surface area contributed by atoms with Crippen LogP contribution in [0.4, 0.5) is 0 Å². The van der Waals surface area contributed by atoms with Gasteiger partial charge in [-0.15, -0.1) is 0 Å². The van der Waals surface area contributed by atoms with Gasteiger partial charge in [-0.25, -0.2) is 9.97 Å². The van der Waals surface area contributed by atoms with Gasteiger partial charge in [-0.3, -0.25) is 0 Å². The minimum absolute atomic E-state index is 0.948. The third kappa shape index (κ3) is 1.29. The molecule has 0 saturated carbocycles. The smallest absolute Gasteiger partial charge is 0.147 e. The van der Waals surface area contributed by atoms with Crippen LogP contribution in [-0.2, 0) is 0 Å². The molecule has 0 N–H and O–H groups in total. The van der Waals surface area contributed by atoms with Gasteiger partial charge < -0.3 is 4.57 Å². The Morgan fingerprint density at radius 3 is 2.88 bits per heavy atom. The highest BCUT2D eigenvalue weighted by Crippen LogP contribution is 2.19. The van der Waals surface area contributed by atoms with Crippen LogP contribution < -0.4 is 0 Å². The number of aromatic nitrogens is 3. The van der Waals surface area contributed by atoms with Crippen LogP contribution in [0.1, 0.15) is 5.56 Å². The van der Waals surface area contributed by atoms with Crippen molar-refractivity contribution >= 4 is 11.0 Å². The summed E-state index contributed by atoms with van der Waals surface area (Å²) in [7, 11) is 0. The molecule has 3 aromatic rings. The molecule has 0 spiro atoms. The lowest BCUT2D eigenvalue weighted by Gasteiger charge is -2.07. The fourth-order valence-corrected chi connectivity index (χ4v) is 1.91. The molecule has 0 aliphatic rings. The molecule has 0 saturated heterocycles. The van der Waals surface area contributed by atoms with Crippen molar-refractivity contribution in [3.63, 3.8) is 0 Å². The number of nitrogens with zero attached hydrogens (tertiary/aromatic N) is 3. The van der Waals surface area contributed by atoms with E-state index in [-0.39, 0.29) is 0 Å². The summed E-state index contributed by atoms with van der Waals surface area (Å²) in [5, 5.41) is 1.06. The Balaban J connectivity index is 2.31. The van der Waals surface area contributed by atoms with Crippen LogP contribution in [0.2, 0.25) is 0 Å². The van der Waals surface area contributed by atoms with Gasteiger partial charge in [0, 0.05) is 23.5 Å². The molecule has 0 fully saturated rings. The fraction of sp³-hybridized carbons (Fsp3) is 0.0769. The van der Waals surface area contributed by atoms with E-state index in [2.05, 4.69) is 33.6 Å². The van der Waals surface area contributed by atoms with Crippen molar-refractivity contribution < 1.29 is 0 Å². The van der Waals surface area contributed by atoms with Crippen LogP contribution in [0.15, 0.2) is 49.1 Å². The minimum Gasteiger partial charge on any atom is -0.301 e. The lowest BCUT2D eigenvalue weighted by Crippen LogP contribution is -1.96. The topological polar surface area (TPSA) is 30.7 Å². The van der Waals surface area contributed by atoms with Gasteiger partial charge in [-0.2, -0.15) is 0 Å². The van der Waals surface area contributed by atoms with E-state index in [1.807, 2.05) is 30.6 Å². The summed E-state index contributed by atoms with van der Waals surface area (Å²) >= 11 is 0. The molecule has 78 valence electrons. The van der Waals surface area contributed by atoms with Crippen LogP contribution in [-0.4, -0.2) is 14.5 Å². The van der Waals surface area contributed by atoms with Gasteiger partial charge in [0.1, 0.15) is 12.0 Å². The third-order valence-corrected chi connectivity index (χ3v) is 2.72. The Kier molecular flexibility index (Phi) is 1.96. The average Bonchev–Trinajstić information content (AvgIpc) is 2.74. The van der Waals surface area contributed by atoms with Crippen molar-refractivity contribution in [3.05, 3.63) is 54.6 Å². The summed E-state index contributed by atoms with van der Waals surface area (Å²) in [6.07, 6.45) is 5.44. The van der Waals surface area contributed by atoms with Crippen molar-refractivity contribution in [2.75, 3.05) is 0 Å². The molecule has 0 bridgehead atoms. The predicted molar refractivity (Wildman–Crippen MR) is 63.6 cm³/mol. The first-order valence-corrected chi connectivity index (χ1v) is 5.19. The van der Waals surface area contributed by atoms with Crippen LogP contribution in [0, 0.1) is 6.92 Å². The first-order valence-electron chi connectivity index (χ1n) is 5.19. The van der Waals surface area contributed by atoms with Crippen LogP contribution >= 0.6 is 0 Å². The zero-order chi connectivity index (χ0) is 11.0. The van der Waals surface area contributed by atoms with E-state index >= 15 is 0 Å². The largest absolute Gasteiger partial charge is 0.301 e. The molecule has 0 radical (unpaired) electrons. The Hall–Kier alpha value is -2.16. The van der Waals surface area contributed by atoms with E-state index in [1.165, 1.54) is 5.56 Å². The molecular formula is C13H11N3. The molecule has 0 amide bonds. The first kappa shape index (κ1) is 9.09. The Bertz CT molecular complexity index is 640. The second-order valence-electron chi connectivity index (χ2n) is 3.77. The van der Waals surface area contributed by atoms with E-state index in [9.17, 15) is 0 Å². The molecule has 3 nitrogen and oxygen atoms in total. The number of hydrogen-bond donors (Lipinski definition) is 0. The van der Waals surface area contributed by atoms with Gasteiger partial charge in [0.15, 0.2) is 0 Å². The Morgan fingerprint density at radius 1 is 1.12 bits per heavy atom.